The number of phenols is 1. The van der Waals surface area contributed by atoms with Crippen molar-refractivity contribution in [3.63, 3.8) is 0 Å². The number of phenolic OH excluding ortho intramolecular Hbond substituents is 1. The van der Waals surface area contributed by atoms with E-state index < -0.39 is 10.8 Å². The molecule has 0 fully saturated rings. The number of H-pyrrole nitrogens is 1. The highest BCUT2D eigenvalue weighted by atomic mass is 32.2. The first kappa shape index (κ1) is 21.9. The summed E-state index contributed by atoms with van der Waals surface area (Å²) < 4.78 is 0. The first-order chi connectivity index (χ1) is 16.4. The van der Waals surface area contributed by atoms with Gasteiger partial charge in [0.15, 0.2) is 10.9 Å². The van der Waals surface area contributed by atoms with Crippen LogP contribution in [0.25, 0.3) is 0 Å². The quantitative estimate of drug-likeness (QED) is 0.215. The summed E-state index contributed by atoms with van der Waals surface area (Å²) in [6, 6.07) is 12.8. The second kappa shape index (κ2) is 8.79. The number of aromatic hydroxyl groups is 1. The SMILES string of the molecule is O=C1CCCC2=C1[C@@H](c1cccc(O)c1)c1c(nc(SCc3ccc([N+](=O)[O-])cc3)[nH]c1=O)N2. The molecule has 3 N–H and O–H groups in total. The van der Waals surface area contributed by atoms with E-state index in [1.807, 2.05) is 0 Å². The van der Waals surface area contributed by atoms with E-state index in [2.05, 4.69) is 15.3 Å². The van der Waals surface area contributed by atoms with Crippen LogP contribution in [0, 0.1) is 10.1 Å². The van der Waals surface area contributed by atoms with Gasteiger partial charge in [-0.05, 0) is 36.1 Å². The minimum atomic E-state index is -0.615. The van der Waals surface area contributed by atoms with Gasteiger partial charge in [-0.3, -0.25) is 19.7 Å². The molecule has 0 unspecified atom stereocenters. The highest BCUT2D eigenvalue weighted by Crippen LogP contribution is 2.44. The maximum Gasteiger partial charge on any atom is 0.269 e. The number of hydrogen-bond donors (Lipinski definition) is 3. The molecule has 1 aliphatic carbocycles. The van der Waals surface area contributed by atoms with E-state index >= 15 is 0 Å². The molecular formula is C24H20N4O5S. The molecule has 34 heavy (non-hydrogen) atoms. The lowest BCUT2D eigenvalue weighted by atomic mass is 9.76. The van der Waals surface area contributed by atoms with Crippen molar-refractivity contribution in [1.82, 2.24) is 9.97 Å². The summed E-state index contributed by atoms with van der Waals surface area (Å²) in [7, 11) is 0. The van der Waals surface area contributed by atoms with Crippen molar-refractivity contribution in [2.75, 3.05) is 5.32 Å². The predicted molar refractivity (Wildman–Crippen MR) is 127 cm³/mol. The van der Waals surface area contributed by atoms with E-state index in [1.165, 1.54) is 23.9 Å². The van der Waals surface area contributed by atoms with Gasteiger partial charge >= 0.3 is 0 Å². The van der Waals surface area contributed by atoms with Crippen LogP contribution in [-0.2, 0) is 10.5 Å². The van der Waals surface area contributed by atoms with Crippen molar-refractivity contribution in [2.24, 2.45) is 0 Å². The molecule has 0 saturated heterocycles. The summed E-state index contributed by atoms with van der Waals surface area (Å²) in [6.45, 7) is 0. The fourth-order valence-electron chi connectivity index (χ4n) is 4.41. The molecule has 0 saturated carbocycles. The number of fused-ring (bicyclic) bond motifs is 1. The van der Waals surface area contributed by atoms with Gasteiger partial charge in [-0.15, -0.1) is 0 Å². The molecule has 3 aromatic rings. The lowest BCUT2D eigenvalue weighted by Gasteiger charge is -2.32. The van der Waals surface area contributed by atoms with Crippen molar-refractivity contribution < 1.29 is 14.8 Å². The van der Waals surface area contributed by atoms with E-state index in [0.717, 1.165) is 17.7 Å². The number of carbonyl (C=O) groups excluding carboxylic acids is 1. The summed E-state index contributed by atoms with van der Waals surface area (Å²) in [5.41, 5.74) is 2.83. The zero-order valence-corrected chi connectivity index (χ0v) is 18.7. The van der Waals surface area contributed by atoms with Crippen molar-refractivity contribution in [1.29, 1.82) is 0 Å². The molecule has 1 aliphatic heterocycles. The number of ketones is 1. The van der Waals surface area contributed by atoms with Gasteiger partial charge in [0.2, 0.25) is 0 Å². The molecule has 1 aromatic heterocycles. The number of aromatic nitrogens is 2. The van der Waals surface area contributed by atoms with Gasteiger partial charge < -0.3 is 15.4 Å². The Morgan fingerprint density at radius 2 is 1.94 bits per heavy atom. The Kier molecular flexibility index (Phi) is 5.66. The molecule has 2 heterocycles. The number of carbonyl (C=O) groups is 1. The third kappa shape index (κ3) is 4.08. The van der Waals surface area contributed by atoms with Crippen LogP contribution in [0.2, 0.25) is 0 Å². The monoisotopic (exact) mass is 476 g/mol. The maximum absolute atomic E-state index is 13.2. The normalized spacial score (nSPS) is 17.1. The molecule has 172 valence electrons. The Morgan fingerprint density at radius 3 is 2.68 bits per heavy atom. The number of allylic oxidation sites excluding steroid dienone is 2. The Bertz CT molecular complexity index is 1400. The van der Waals surface area contributed by atoms with Crippen LogP contribution < -0.4 is 10.9 Å². The number of non-ortho nitro benzene ring substituents is 1. The van der Waals surface area contributed by atoms with E-state index in [-0.39, 0.29) is 22.8 Å². The molecule has 0 spiro atoms. The Hall–Kier alpha value is -3.92. The largest absolute Gasteiger partial charge is 0.508 e. The molecule has 2 aliphatic rings. The molecule has 2 aromatic carbocycles. The number of benzene rings is 2. The van der Waals surface area contributed by atoms with Crippen LogP contribution in [0.4, 0.5) is 11.5 Å². The number of nitro groups is 1. The Balaban J connectivity index is 1.50. The second-order valence-electron chi connectivity index (χ2n) is 8.17. The number of nitrogens with one attached hydrogen (secondary N) is 2. The molecule has 5 rings (SSSR count). The molecule has 9 nitrogen and oxygen atoms in total. The first-order valence-electron chi connectivity index (χ1n) is 10.7. The minimum absolute atomic E-state index is 0.0104. The summed E-state index contributed by atoms with van der Waals surface area (Å²) in [5.74, 6) is 0.293. The lowest BCUT2D eigenvalue weighted by Crippen LogP contribution is -2.32. The van der Waals surface area contributed by atoms with Crippen LogP contribution >= 0.6 is 11.8 Å². The number of rotatable bonds is 5. The predicted octanol–water partition coefficient (Wildman–Crippen LogP) is 4.24. The highest BCUT2D eigenvalue weighted by molar-refractivity contribution is 7.98. The van der Waals surface area contributed by atoms with Gasteiger partial charge in [0.25, 0.3) is 11.2 Å². The van der Waals surface area contributed by atoms with Crippen molar-refractivity contribution in [2.45, 2.75) is 36.1 Å². The maximum atomic E-state index is 13.2. The third-order valence-electron chi connectivity index (χ3n) is 5.96. The van der Waals surface area contributed by atoms with Gasteiger partial charge in [0.1, 0.15) is 11.6 Å². The van der Waals surface area contributed by atoms with Gasteiger partial charge in [-0.1, -0.05) is 36.0 Å². The topological polar surface area (TPSA) is 138 Å². The summed E-state index contributed by atoms with van der Waals surface area (Å²) in [5, 5.41) is 24.5. The zero-order chi connectivity index (χ0) is 23.8. The minimum Gasteiger partial charge on any atom is -0.508 e. The van der Waals surface area contributed by atoms with Crippen LogP contribution in [-0.4, -0.2) is 25.8 Å². The van der Waals surface area contributed by atoms with Gasteiger partial charge in [0.05, 0.1) is 10.5 Å². The smallest absolute Gasteiger partial charge is 0.269 e. The van der Waals surface area contributed by atoms with Crippen LogP contribution in [0.3, 0.4) is 0 Å². The van der Waals surface area contributed by atoms with Gasteiger partial charge in [0, 0.05) is 41.5 Å². The number of nitro benzene ring substituents is 1. The standard InChI is InChI=1S/C24H20N4O5S/c29-16-4-1-3-14(11-16)19-20-17(5-2-6-18(20)30)25-22-21(19)23(31)27-24(26-22)34-12-13-7-9-15(10-8-13)28(32)33/h1,3-4,7-11,19,29H,2,5-6,12H2,(H2,25,26,27,31)/t19-/m1/s1. The first-order valence-corrected chi connectivity index (χ1v) is 11.7. The number of thioether (sulfide) groups is 1. The second-order valence-corrected chi connectivity index (χ2v) is 9.13. The highest BCUT2D eigenvalue weighted by Gasteiger charge is 2.37. The average Bonchev–Trinajstić information content (AvgIpc) is 2.82. The van der Waals surface area contributed by atoms with Crippen LogP contribution in [0.15, 0.2) is 69.8 Å². The number of hydrogen-bond acceptors (Lipinski definition) is 8. The Labute approximate surface area is 198 Å². The number of anilines is 1. The fraction of sp³-hybridized carbons (Fsp3) is 0.208. The molecule has 1 atom stereocenters. The van der Waals surface area contributed by atoms with Crippen molar-refractivity contribution >= 4 is 29.1 Å². The zero-order valence-electron chi connectivity index (χ0n) is 17.9. The number of Topliss-reactive ketones (excluding diaryl/α,β-unsaturated/α-hetero) is 1. The van der Waals surface area contributed by atoms with Crippen LogP contribution in [0.1, 0.15) is 41.9 Å². The summed E-state index contributed by atoms with van der Waals surface area (Å²) in [6.07, 6.45) is 1.81. The molecule has 0 radical (unpaired) electrons. The van der Waals surface area contributed by atoms with E-state index in [9.17, 15) is 24.8 Å². The van der Waals surface area contributed by atoms with Crippen LogP contribution in [0.5, 0.6) is 5.75 Å². The molecule has 10 heteroatoms. The van der Waals surface area contributed by atoms with E-state index in [0.29, 0.717) is 46.3 Å². The van der Waals surface area contributed by atoms with Gasteiger partial charge in [-0.25, -0.2) is 4.98 Å². The molecule has 0 amide bonds. The third-order valence-corrected chi connectivity index (χ3v) is 6.91. The Morgan fingerprint density at radius 1 is 1.15 bits per heavy atom. The fourth-order valence-corrected chi connectivity index (χ4v) is 5.23. The van der Waals surface area contributed by atoms with E-state index in [4.69, 9.17) is 0 Å². The number of aromatic amines is 1. The molecular weight excluding hydrogens is 456 g/mol. The lowest BCUT2D eigenvalue weighted by molar-refractivity contribution is -0.384. The summed E-state index contributed by atoms with van der Waals surface area (Å²) >= 11 is 1.30. The molecule has 0 bridgehead atoms. The van der Waals surface area contributed by atoms with Crippen molar-refractivity contribution in [3.8, 4) is 5.75 Å². The average molecular weight is 477 g/mol. The number of nitrogens with zero attached hydrogens (tertiary/aromatic N) is 2. The van der Waals surface area contributed by atoms with E-state index in [1.54, 1.807) is 36.4 Å². The van der Waals surface area contributed by atoms with Crippen molar-refractivity contribution in [3.05, 3.63) is 97.0 Å². The summed E-state index contributed by atoms with van der Waals surface area (Å²) in [4.78, 5) is 43.9. The van der Waals surface area contributed by atoms with Gasteiger partial charge in [-0.2, -0.15) is 0 Å².